The number of hydrogen-bond acceptors (Lipinski definition) is 2. The van der Waals surface area contributed by atoms with E-state index in [1.54, 1.807) is 13.2 Å². The fourth-order valence-electron chi connectivity index (χ4n) is 6.21. The first-order valence-corrected chi connectivity index (χ1v) is 9.96. The van der Waals surface area contributed by atoms with Crippen LogP contribution >= 0.6 is 11.6 Å². The van der Waals surface area contributed by atoms with E-state index in [1.165, 1.54) is 38.5 Å². The molecule has 4 saturated carbocycles. The standard InChI is InChI=1S/C21H28ClNO2/c1-13(21-10-14-7-15(11-21)9-16(8-14)12-21)23-20(24)19(25-2)17-5-3-4-6-18(17)22/h3-6,13-16,19H,7-12H2,1-2H3,(H,23,24). The summed E-state index contributed by atoms with van der Waals surface area (Å²) in [6.07, 6.45) is 7.45. The van der Waals surface area contributed by atoms with Gasteiger partial charge in [-0.3, -0.25) is 4.79 Å². The maximum atomic E-state index is 12.9. The summed E-state index contributed by atoms with van der Waals surface area (Å²) in [6.45, 7) is 2.20. The van der Waals surface area contributed by atoms with Crippen molar-refractivity contribution in [2.75, 3.05) is 7.11 Å². The average Bonchev–Trinajstić information content (AvgIpc) is 2.56. The summed E-state index contributed by atoms with van der Waals surface area (Å²) in [5.74, 6) is 2.58. The zero-order chi connectivity index (χ0) is 17.6. The van der Waals surface area contributed by atoms with Crippen LogP contribution in [0, 0.1) is 23.2 Å². The van der Waals surface area contributed by atoms with Crippen molar-refractivity contribution in [3.8, 4) is 0 Å². The van der Waals surface area contributed by atoms with E-state index in [-0.39, 0.29) is 11.9 Å². The Balaban J connectivity index is 1.49. The van der Waals surface area contributed by atoms with Gasteiger partial charge in [0.1, 0.15) is 0 Å². The van der Waals surface area contributed by atoms with Gasteiger partial charge in [0.05, 0.1) is 0 Å². The molecular weight excluding hydrogens is 334 g/mol. The highest BCUT2D eigenvalue weighted by atomic mass is 35.5. The molecule has 0 radical (unpaired) electrons. The van der Waals surface area contributed by atoms with Gasteiger partial charge in [-0.15, -0.1) is 0 Å². The normalized spacial score (nSPS) is 35.4. The van der Waals surface area contributed by atoms with Crippen molar-refractivity contribution >= 4 is 17.5 Å². The summed E-state index contributed by atoms with van der Waals surface area (Å²) in [4.78, 5) is 12.9. The lowest BCUT2D eigenvalue weighted by Gasteiger charge is -2.59. The molecule has 1 N–H and O–H groups in total. The minimum Gasteiger partial charge on any atom is -0.367 e. The number of carbonyl (C=O) groups excluding carboxylic acids is 1. The second kappa shape index (κ2) is 6.59. The van der Waals surface area contributed by atoms with E-state index in [1.807, 2.05) is 18.2 Å². The van der Waals surface area contributed by atoms with Crippen LogP contribution in [0.2, 0.25) is 5.02 Å². The molecule has 0 saturated heterocycles. The summed E-state index contributed by atoms with van der Waals surface area (Å²) in [5.41, 5.74) is 1.03. The maximum absolute atomic E-state index is 12.9. The first-order valence-electron chi connectivity index (χ1n) is 9.58. The molecule has 4 bridgehead atoms. The molecule has 0 aromatic heterocycles. The van der Waals surface area contributed by atoms with Crippen LogP contribution in [0.15, 0.2) is 24.3 Å². The summed E-state index contributed by atoms with van der Waals surface area (Å²) in [7, 11) is 1.57. The van der Waals surface area contributed by atoms with Gasteiger partial charge in [0.15, 0.2) is 6.10 Å². The van der Waals surface area contributed by atoms with E-state index < -0.39 is 6.10 Å². The van der Waals surface area contributed by atoms with Crippen molar-refractivity contribution < 1.29 is 9.53 Å². The first kappa shape index (κ1) is 17.4. The molecule has 4 aliphatic rings. The lowest BCUT2D eigenvalue weighted by Crippen LogP contribution is -2.56. The number of nitrogens with one attached hydrogen (secondary N) is 1. The van der Waals surface area contributed by atoms with Crippen molar-refractivity contribution in [2.45, 2.75) is 57.6 Å². The summed E-state index contributed by atoms with van der Waals surface area (Å²) >= 11 is 6.27. The molecule has 4 heteroatoms. The van der Waals surface area contributed by atoms with Crippen LogP contribution in [0.4, 0.5) is 0 Å². The van der Waals surface area contributed by atoms with Gasteiger partial charge in [-0.1, -0.05) is 29.8 Å². The zero-order valence-corrected chi connectivity index (χ0v) is 15.9. The molecule has 2 unspecified atom stereocenters. The first-order chi connectivity index (χ1) is 12.0. The Hall–Kier alpha value is -1.06. The number of halogens is 1. The Morgan fingerprint density at radius 2 is 1.72 bits per heavy atom. The van der Waals surface area contributed by atoms with E-state index in [0.29, 0.717) is 10.4 Å². The Labute approximate surface area is 155 Å². The highest BCUT2D eigenvalue weighted by Crippen LogP contribution is 2.61. The second-order valence-electron chi connectivity index (χ2n) is 8.65. The predicted octanol–water partition coefficient (Wildman–Crippen LogP) is 4.75. The molecule has 1 aromatic rings. The lowest BCUT2D eigenvalue weighted by atomic mass is 9.48. The molecule has 0 aliphatic heterocycles. The molecule has 1 aromatic carbocycles. The summed E-state index contributed by atoms with van der Waals surface area (Å²) < 4.78 is 5.50. The van der Waals surface area contributed by atoms with Gasteiger partial charge < -0.3 is 10.1 Å². The topological polar surface area (TPSA) is 38.3 Å². The number of ether oxygens (including phenoxy) is 1. The van der Waals surface area contributed by atoms with E-state index in [4.69, 9.17) is 16.3 Å². The lowest BCUT2D eigenvalue weighted by molar-refractivity contribution is -0.136. The Kier molecular flexibility index (Phi) is 4.57. The van der Waals surface area contributed by atoms with Crippen molar-refractivity contribution in [3.63, 3.8) is 0 Å². The molecular formula is C21H28ClNO2. The minimum atomic E-state index is -0.648. The van der Waals surface area contributed by atoms with Gasteiger partial charge in [-0.2, -0.15) is 0 Å². The Morgan fingerprint density at radius 3 is 2.24 bits per heavy atom. The smallest absolute Gasteiger partial charge is 0.254 e. The van der Waals surface area contributed by atoms with Crippen LogP contribution in [-0.4, -0.2) is 19.1 Å². The van der Waals surface area contributed by atoms with Gasteiger partial charge >= 0.3 is 0 Å². The monoisotopic (exact) mass is 361 g/mol. The van der Waals surface area contributed by atoms with Gasteiger partial charge in [-0.25, -0.2) is 0 Å². The quantitative estimate of drug-likeness (QED) is 0.821. The minimum absolute atomic E-state index is 0.0705. The van der Waals surface area contributed by atoms with Gasteiger partial charge in [0.25, 0.3) is 5.91 Å². The summed E-state index contributed by atoms with van der Waals surface area (Å²) in [6, 6.07) is 7.62. The van der Waals surface area contributed by atoms with Gasteiger partial charge in [0, 0.05) is 23.7 Å². The maximum Gasteiger partial charge on any atom is 0.254 e. The Bertz CT molecular complexity index is 624. The van der Waals surface area contributed by atoms with Crippen LogP contribution in [0.3, 0.4) is 0 Å². The van der Waals surface area contributed by atoms with Crippen LogP contribution in [0.5, 0.6) is 0 Å². The molecule has 25 heavy (non-hydrogen) atoms. The molecule has 4 fully saturated rings. The molecule has 0 spiro atoms. The van der Waals surface area contributed by atoms with Crippen LogP contribution in [0.1, 0.15) is 57.1 Å². The van der Waals surface area contributed by atoms with Crippen molar-refractivity contribution in [1.82, 2.24) is 5.32 Å². The SMILES string of the molecule is COC(C(=O)NC(C)C12CC3CC(CC(C3)C1)C2)c1ccccc1Cl. The van der Waals surface area contributed by atoms with E-state index in [0.717, 1.165) is 23.3 Å². The fourth-order valence-corrected chi connectivity index (χ4v) is 6.45. The summed E-state index contributed by atoms with van der Waals surface area (Å²) in [5, 5.41) is 3.87. The van der Waals surface area contributed by atoms with E-state index in [9.17, 15) is 4.79 Å². The highest BCUT2D eigenvalue weighted by molar-refractivity contribution is 6.31. The Morgan fingerprint density at radius 1 is 1.16 bits per heavy atom. The van der Waals surface area contributed by atoms with Crippen LogP contribution in [0.25, 0.3) is 0 Å². The number of rotatable bonds is 5. The fraction of sp³-hybridized carbons (Fsp3) is 0.667. The average molecular weight is 362 g/mol. The van der Waals surface area contributed by atoms with Gasteiger partial charge in [0.2, 0.25) is 0 Å². The number of carbonyl (C=O) groups is 1. The molecule has 1 amide bonds. The second-order valence-corrected chi connectivity index (χ2v) is 9.05. The van der Waals surface area contributed by atoms with Crippen LogP contribution < -0.4 is 5.32 Å². The number of benzene rings is 1. The molecule has 136 valence electrons. The van der Waals surface area contributed by atoms with E-state index >= 15 is 0 Å². The van der Waals surface area contributed by atoms with E-state index in [2.05, 4.69) is 12.2 Å². The van der Waals surface area contributed by atoms with Crippen molar-refractivity contribution in [2.24, 2.45) is 23.2 Å². The molecule has 0 heterocycles. The van der Waals surface area contributed by atoms with Crippen molar-refractivity contribution in [3.05, 3.63) is 34.9 Å². The molecule has 5 rings (SSSR count). The third-order valence-corrected chi connectivity index (χ3v) is 7.37. The third-order valence-electron chi connectivity index (χ3n) is 7.02. The zero-order valence-electron chi connectivity index (χ0n) is 15.1. The third kappa shape index (κ3) is 3.10. The van der Waals surface area contributed by atoms with Gasteiger partial charge in [-0.05, 0) is 74.7 Å². The van der Waals surface area contributed by atoms with Crippen LogP contribution in [-0.2, 0) is 9.53 Å². The predicted molar refractivity (Wildman–Crippen MR) is 99.4 cm³/mol. The van der Waals surface area contributed by atoms with Crippen molar-refractivity contribution in [1.29, 1.82) is 0 Å². The number of amides is 1. The molecule has 3 nitrogen and oxygen atoms in total. The number of hydrogen-bond donors (Lipinski definition) is 1. The number of methoxy groups -OCH3 is 1. The highest BCUT2D eigenvalue weighted by Gasteiger charge is 2.53. The molecule has 4 aliphatic carbocycles. The largest absolute Gasteiger partial charge is 0.367 e. The molecule has 2 atom stereocenters.